The van der Waals surface area contributed by atoms with Gasteiger partial charge in [-0.15, -0.1) is 0 Å². The van der Waals surface area contributed by atoms with Crippen molar-refractivity contribution in [2.24, 2.45) is 0 Å². The number of hydrogen-bond acceptors (Lipinski definition) is 2. The lowest BCUT2D eigenvalue weighted by Gasteiger charge is -2.12. The summed E-state index contributed by atoms with van der Waals surface area (Å²) in [5, 5.41) is 2.96. The van der Waals surface area contributed by atoms with Gasteiger partial charge in [-0.3, -0.25) is 0 Å². The Kier molecular flexibility index (Phi) is 5.25. The minimum atomic E-state index is 0.772. The van der Waals surface area contributed by atoms with Crippen LogP contribution in [-0.4, -0.2) is 18.6 Å². The summed E-state index contributed by atoms with van der Waals surface area (Å²) in [5.41, 5.74) is 0. The monoisotopic (exact) mass is 138 g/mol. The Morgan fingerprint density at radius 2 is 2.20 bits per heavy atom. The molecule has 1 N–H and O–H groups in total. The zero-order chi connectivity index (χ0) is 7.82. The van der Waals surface area contributed by atoms with Crippen molar-refractivity contribution in [3.8, 4) is 0 Å². The van der Waals surface area contributed by atoms with E-state index < -0.39 is 0 Å². The van der Waals surface area contributed by atoms with Gasteiger partial charge in [0, 0.05) is 13.2 Å². The molecule has 0 spiro atoms. The molecule has 0 atom stereocenters. The minimum absolute atomic E-state index is 0.772. The van der Waals surface area contributed by atoms with Crippen LogP contribution in [0.5, 0.6) is 0 Å². The lowest BCUT2D eigenvalue weighted by molar-refractivity contribution is 0.437. The van der Waals surface area contributed by atoms with Crippen molar-refractivity contribution in [2.45, 2.75) is 0 Å². The van der Waals surface area contributed by atoms with E-state index in [1.165, 1.54) is 0 Å². The SMILES string of the molecule is C=C/C=C\N(C)CNC=C. The van der Waals surface area contributed by atoms with E-state index in [1.54, 1.807) is 12.3 Å². The average Bonchev–Trinajstić information content (AvgIpc) is 1.97. The van der Waals surface area contributed by atoms with Gasteiger partial charge < -0.3 is 10.2 Å². The average molecular weight is 138 g/mol. The molecule has 56 valence electrons. The van der Waals surface area contributed by atoms with E-state index >= 15 is 0 Å². The number of hydrogen-bond donors (Lipinski definition) is 1. The summed E-state index contributed by atoms with van der Waals surface area (Å²) in [6.07, 6.45) is 7.22. The van der Waals surface area contributed by atoms with Gasteiger partial charge in [0.15, 0.2) is 0 Å². The Balaban J connectivity index is 3.41. The Morgan fingerprint density at radius 3 is 2.70 bits per heavy atom. The van der Waals surface area contributed by atoms with Crippen LogP contribution in [0.15, 0.2) is 37.7 Å². The maximum absolute atomic E-state index is 3.56. The molecule has 0 fully saturated rings. The van der Waals surface area contributed by atoms with Gasteiger partial charge in [-0.1, -0.05) is 19.2 Å². The third-order valence-electron chi connectivity index (χ3n) is 0.962. The lowest BCUT2D eigenvalue weighted by Crippen LogP contribution is -2.22. The maximum Gasteiger partial charge on any atom is 0.0863 e. The van der Waals surface area contributed by atoms with Crippen molar-refractivity contribution < 1.29 is 0 Å². The molecule has 2 heteroatoms. The Morgan fingerprint density at radius 1 is 1.50 bits per heavy atom. The summed E-state index contributed by atoms with van der Waals surface area (Å²) >= 11 is 0. The Hall–Kier alpha value is -1.18. The fourth-order valence-electron chi connectivity index (χ4n) is 0.469. The first-order valence-corrected chi connectivity index (χ1v) is 3.15. The lowest BCUT2D eigenvalue weighted by atomic mass is 10.6. The number of nitrogens with one attached hydrogen (secondary N) is 1. The van der Waals surface area contributed by atoms with E-state index in [2.05, 4.69) is 18.5 Å². The second-order valence-electron chi connectivity index (χ2n) is 1.90. The first kappa shape index (κ1) is 8.82. The van der Waals surface area contributed by atoms with Crippen molar-refractivity contribution in [2.75, 3.05) is 13.7 Å². The third-order valence-corrected chi connectivity index (χ3v) is 0.962. The predicted molar refractivity (Wildman–Crippen MR) is 45.3 cm³/mol. The van der Waals surface area contributed by atoms with Crippen LogP contribution in [0.25, 0.3) is 0 Å². The van der Waals surface area contributed by atoms with Gasteiger partial charge in [0.2, 0.25) is 0 Å². The molecule has 0 heterocycles. The molecule has 0 aliphatic carbocycles. The van der Waals surface area contributed by atoms with E-state index in [-0.39, 0.29) is 0 Å². The molecular formula is C8H14N2. The van der Waals surface area contributed by atoms with Crippen LogP contribution in [0, 0.1) is 0 Å². The van der Waals surface area contributed by atoms with Gasteiger partial charge in [-0.25, -0.2) is 0 Å². The second-order valence-corrected chi connectivity index (χ2v) is 1.90. The highest BCUT2D eigenvalue weighted by Gasteiger charge is 1.82. The van der Waals surface area contributed by atoms with Crippen LogP contribution < -0.4 is 5.32 Å². The summed E-state index contributed by atoms with van der Waals surface area (Å²) in [6, 6.07) is 0. The number of rotatable bonds is 5. The molecule has 0 saturated heterocycles. The summed E-state index contributed by atoms with van der Waals surface area (Å²) < 4.78 is 0. The molecule has 2 nitrogen and oxygen atoms in total. The first-order chi connectivity index (χ1) is 4.81. The van der Waals surface area contributed by atoms with Crippen LogP contribution in [-0.2, 0) is 0 Å². The molecule has 0 saturated carbocycles. The van der Waals surface area contributed by atoms with Crippen LogP contribution in [0.2, 0.25) is 0 Å². The molecule has 0 aliphatic rings. The van der Waals surface area contributed by atoms with Crippen molar-refractivity contribution in [1.29, 1.82) is 0 Å². The smallest absolute Gasteiger partial charge is 0.0863 e. The largest absolute Gasteiger partial charge is 0.374 e. The fraction of sp³-hybridized carbons (Fsp3) is 0.250. The molecule has 0 bridgehead atoms. The highest BCUT2D eigenvalue weighted by molar-refractivity contribution is 4.96. The van der Waals surface area contributed by atoms with Crippen LogP contribution in [0.1, 0.15) is 0 Å². The van der Waals surface area contributed by atoms with Crippen LogP contribution in [0.4, 0.5) is 0 Å². The van der Waals surface area contributed by atoms with Gasteiger partial charge in [0.1, 0.15) is 0 Å². The molecule has 0 radical (unpaired) electrons. The fourth-order valence-corrected chi connectivity index (χ4v) is 0.469. The van der Waals surface area contributed by atoms with E-state index in [1.807, 2.05) is 24.2 Å². The topological polar surface area (TPSA) is 15.3 Å². The zero-order valence-electron chi connectivity index (χ0n) is 6.38. The highest BCUT2D eigenvalue weighted by Crippen LogP contribution is 1.80. The summed E-state index contributed by atoms with van der Waals surface area (Å²) in [7, 11) is 1.97. The van der Waals surface area contributed by atoms with Crippen molar-refractivity contribution >= 4 is 0 Å². The second kappa shape index (κ2) is 5.95. The molecular weight excluding hydrogens is 124 g/mol. The van der Waals surface area contributed by atoms with Gasteiger partial charge >= 0.3 is 0 Å². The van der Waals surface area contributed by atoms with Gasteiger partial charge in [0.05, 0.1) is 6.67 Å². The molecule has 0 aliphatic heterocycles. The maximum atomic E-state index is 3.56. The number of allylic oxidation sites excluding steroid dienone is 2. The first-order valence-electron chi connectivity index (χ1n) is 3.15. The highest BCUT2D eigenvalue weighted by atomic mass is 15.2. The number of nitrogens with zero attached hydrogens (tertiary/aromatic N) is 1. The molecule has 10 heavy (non-hydrogen) atoms. The van der Waals surface area contributed by atoms with Crippen LogP contribution in [0.3, 0.4) is 0 Å². The van der Waals surface area contributed by atoms with E-state index in [0.717, 1.165) is 6.67 Å². The van der Waals surface area contributed by atoms with Crippen molar-refractivity contribution in [1.82, 2.24) is 10.2 Å². The van der Waals surface area contributed by atoms with Gasteiger partial charge in [-0.2, -0.15) is 0 Å². The van der Waals surface area contributed by atoms with E-state index in [0.29, 0.717) is 0 Å². The quantitative estimate of drug-likeness (QED) is 0.455. The summed E-state index contributed by atoms with van der Waals surface area (Å²) in [4.78, 5) is 1.99. The van der Waals surface area contributed by atoms with Gasteiger partial charge in [-0.05, 0) is 12.3 Å². The summed E-state index contributed by atoms with van der Waals surface area (Å²) in [5.74, 6) is 0. The minimum Gasteiger partial charge on any atom is -0.374 e. The van der Waals surface area contributed by atoms with E-state index in [9.17, 15) is 0 Å². The molecule has 0 aromatic rings. The molecule has 0 aromatic carbocycles. The Bertz CT molecular complexity index is 127. The van der Waals surface area contributed by atoms with E-state index in [4.69, 9.17) is 0 Å². The third kappa shape index (κ3) is 4.97. The van der Waals surface area contributed by atoms with Crippen LogP contribution >= 0.6 is 0 Å². The molecule has 0 rings (SSSR count). The predicted octanol–water partition coefficient (Wildman–Crippen LogP) is 1.31. The normalized spacial score (nSPS) is 9.30. The Labute approximate surface area is 62.5 Å². The van der Waals surface area contributed by atoms with Gasteiger partial charge in [0.25, 0.3) is 0 Å². The standard InChI is InChI=1S/C8H14N2/c1-4-6-7-10(3)8-9-5-2/h4-7,9H,1-2,8H2,3H3/b7-6-. The molecule has 0 unspecified atom stereocenters. The summed E-state index contributed by atoms with van der Waals surface area (Å²) in [6.45, 7) is 7.86. The van der Waals surface area contributed by atoms with Crippen molar-refractivity contribution in [3.05, 3.63) is 37.7 Å². The molecule has 0 amide bonds. The molecule has 0 aromatic heterocycles. The zero-order valence-corrected chi connectivity index (χ0v) is 6.38. The van der Waals surface area contributed by atoms with Crippen molar-refractivity contribution in [3.63, 3.8) is 0 Å².